The summed E-state index contributed by atoms with van der Waals surface area (Å²) in [4.78, 5) is 41.4. The number of non-ortho nitro benzene ring substituents is 1. The Hall–Kier alpha value is -3.21. The van der Waals surface area contributed by atoms with E-state index in [1.54, 1.807) is 33.8 Å². The molecule has 172 valence electrons. The highest BCUT2D eigenvalue weighted by Crippen LogP contribution is 2.41. The van der Waals surface area contributed by atoms with Crippen molar-refractivity contribution in [2.75, 3.05) is 12.4 Å². The van der Waals surface area contributed by atoms with E-state index in [2.05, 4.69) is 4.99 Å². The second-order valence-electron chi connectivity index (χ2n) is 7.28. The van der Waals surface area contributed by atoms with Gasteiger partial charge in [0.2, 0.25) is 0 Å². The maximum atomic E-state index is 13.0. The molecule has 1 aliphatic heterocycles. The fraction of sp³-hybridized carbons (Fsp3) is 0.429. The highest BCUT2D eigenvalue weighted by molar-refractivity contribution is 8.13. The number of amidine groups is 1. The number of nitrogens with one attached hydrogen (secondary N) is 1. The SMILES string of the molecule is CCOC(=O)C1=C(CSC(=N)N)N=C(C)C(C(=O)OC(C)C)C1c1cccc([N+](=O)[O-])c1. The summed E-state index contributed by atoms with van der Waals surface area (Å²) in [5.74, 6) is -3.09. The molecule has 1 aliphatic rings. The smallest absolute Gasteiger partial charge is 0.336 e. The van der Waals surface area contributed by atoms with E-state index in [1.807, 2.05) is 0 Å². The molecule has 2 unspecified atom stereocenters. The van der Waals surface area contributed by atoms with Gasteiger partial charge in [-0.15, -0.1) is 0 Å². The lowest BCUT2D eigenvalue weighted by atomic mass is 9.75. The van der Waals surface area contributed by atoms with Gasteiger partial charge >= 0.3 is 11.9 Å². The number of esters is 2. The number of ether oxygens (including phenoxy) is 2. The molecule has 0 amide bonds. The first kappa shape index (κ1) is 25.1. The number of carbonyl (C=O) groups is 2. The highest BCUT2D eigenvalue weighted by Gasteiger charge is 2.43. The number of rotatable bonds is 8. The van der Waals surface area contributed by atoms with Gasteiger partial charge in [0.25, 0.3) is 5.69 Å². The second-order valence-corrected chi connectivity index (χ2v) is 8.30. The Morgan fingerprint density at radius 2 is 2.06 bits per heavy atom. The predicted octanol–water partition coefficient (Wildman–Crippen LogP) is 3.16. The number of aliphatic imine (C=N–C) groups is 1. The number of hydrogen-bond donors (Lipinski definition) is 2. The summed E-state index contributed by atoms with van der Waals surface area (Å²) in [6.45, 7) is 6.77. The molecule has 0 spiro atoms. The Balaban J connectivity index is 2.75. The first-order valence-corrected chi connectivity index (χ1v) is 10.9. The Labute approximate surface area is 189 Å². The van der Waals surface area contributed by atoms with Gasteiger partial charge in [-0.2, -0.15) is 0 Å². The Morgan fingerprint density at radius 1 is 1.38 bits per heavy atom. The monoisotopic (exact) mass is 462 g/mol. The molecule has 0 fully saturated rings. The lowest BCUT2D eigenvalue weighted by molar-refractivity contribution is -0.384. The number of nitro groups is 1. The summed E-state index contributed by atoms with van der Waals surface area (Å²) < 4.78 is 10.7. The molecule has 0 saturated heterocycles. The average molecular weight is 463 g/mol. The minimum absolute atomic E-state index is 0.0843. The Morgan fingerprint density at radius 3 is 2.62 bits per heavy atom. The zero-order chi connectivity index (χ0) is 24.0. The first-order valence-electron chi connectivity index (χ1n) is 9.93. The molecule has 2 rings (SSSR count). The molecule has 0 aromatic heterocycles. The van der Waals surface area contributed by atoms with Crippen molar-refractivity contribution >= 4 is 40.3 Å². The molecule has 1 aromatic rings. The maximum Gasteiger partial charge on any atom is 0.336 e. The number of thioether (sulfide) groups is 1. The van der Waals surface area contributed by atoms with E-state index in [0.717, 1.165) is 11.8 Å². The first-order chi connectivity index (χ1) is 15.1. The molecule has 32 heavy (non-hydrogen) atoms. The molecule has 1 aromatic carbocycles. The quantitative estimate of drug-likeness (QED) is 0.196. The number of nitrogens with two attached hydrogens (primary N) is 1. The van der Waals surface area contributed by atoms with E-state index >= 15 is 0 Å². The van der Waals surface area contributed by atoms with E-state index in [1.165, 1.54) is 18.2 Å². The summed E-state index contributed by atoms with van der Waals surface area (Å²) in [5.41, 5.74) is 6.45. The van der Waals surface area contributed by atoms with Crippen molar-refractivity contribution in [2.45, 2.75) is 39.7 Å². The van der Waals surface area contributed by atoms with Gasteiger partial charge in [0.15, 0.2) is 5.17 Å². The van der Waals surface area contributed by atoms with Crippen molar-refractivity contribution in [3.63, 3.8) is 0 Å². The van der Waals surface area contributed by atoms with Gasteiger partial charge in [0, 0.05) is 29.5 Å². The van der Waals surface area contributed by atoms with E-state index in [4.69, 9.17) is 20.6 Å². The molecule has 0 aliphatic carbocycles. The molecule has 0 saturated carbocycles. The van der Waals surface area contributed by atoms with Crippen LogP contribution in [0.3, 0.4) is 0 Å². The minimum Gasteiger partial charge on any atom is -0.463 e. The normalized spacial score (nSPS) is 18.2. The molecule has 1 heterocycles. The molecule has 10 nitrogen and oxygen atoms in total. The summed E-state index contributed by atoms with van der Waals surface area (Å²) in [6, 6.07) is 5.76. The van der Waals surface area contributed by atoms with Crippen molar-refractivity contribution in [3.05, 3.63) is 51.2 Å². The molecule has 11 heteroatoms. The maximum absolute atomic E-state index is 13.0. The minimum atomic E-state index is -0.982. The third kappa shape index (κ3) is 5.94. The fourth-order valence-corrected chi connectivity index (χ4v) is 3.96. The van der Waals surface area contributed by atoms with Gasteiger partial charge < -0.3 is 15.2 Å². The number of benzene rings is 1. The van der Waals surface area contributed by atoms with Crippen LogP contribution in [0.2, 0.25) is 0 Å². The van der Waals surface area contributed by atoms with Crippen molar-refractivity contribution in [1.82, 2.24) is 0 Å². The average Bonchev–Trinajstić information content (AvgIpc) is 2.71. The number of nitro benzene ring substituents is 1. The zero-order valence-electron chi connectivity index (χ0n) is 18.3. The van der Waals surface area contributed by atoms with E-state index in [-0.39, 0.29) is 28.8 Å². The standard InChI is InChI=1S/C21H26N4O6S/c1-5-30-19(26)18-15(10-32-21(22)23)24-12(4)16(20(27)31-11(2)3)17(18)13-7-6-8-14(9-13)25(28)29/h6-9,11,16-17H,5,10H2,1-4H3,(H3,22,23). The van der Waals surface area contributed by atoms with Crippen LogP contribution in [0.5, 0.6) is 0 Å². The molecular formula is C21H26N4O6S. The summed E-state index contributed by atoms with van der Waals surface area (Å²) in [6.07, 6.45) is -0.411. The second kappa shape index (κ2) is 10.9. The number of hydrogen-bond acceptors (Lipinski definition) is 9. The van der Waals surface area contributed by atoms with Crippen molar-refractivity contribution < 1.29 is 24.0 Å². The highest BCUT2D eigenvalue weighted by atomic mass is 32.2. The van der Waals surface area contributed by atoms with Gasteiger partial charge in [-0.3, -0.25) is 25.3 Å². The lowest BCUT2D eigenvalue weighted by Gasteiger charge is -2.32. The van der Waals surface area contributed by atoms with Crippen molar-refractivity contribution in [2.24, 2.45) is 16.6 Å². The predicted molar refractivity (Wildman–Crippen MR) is 122 cm³/mol. The van der Waals surface area contributed by atoms with Gasteiger partial charge in [-0.25, -0.2) is 4.79 Å². The van der Waals surface area contributed by atoms with Crippen LogP contribution in [0.25, 0.3) is 0 Å². The summed E-state index contributed by atoms with van der Waals surface area (Å²) >= 11 is 0.969. The number of nitrogens with zero attached hydrogens (tertiary/aromatic N) is 2. The van der Waals surface area contributed by atoms with Crippen LogP contribution in [-0.2, 0) is 19.1 Å². The largest absolute Gasteiger partial charge is 0.463 e. The Bertz CT molecular complexity index is 988. The van der Waals surface area contributed by atoms with Crippen molar-refractivity contribution in [1.29, 1.82) is 5.41 Å². The zero-order valence-corrected chi connectivity index (χ0v) is 19.1. The van der Waals surface area contributed by atoms with Crippen LogP contribution < -0.4 is 5.73 Å². The summed E-state index contributed by atoms with van der Waals surface area (Å²) in [7, 11) is 0. The van der Waals surface area contributed by atoms with Crippen LogP contribution in [0.1, 0.15) is 39.2 Å². The van der Waals surface area contributed by atoms with E-state index < -0.39 is 34.8 Å². The summed E-state index contributed by atoms with van der Waals surface area (Å²) in [5, 5.41) is 18.7. The van der Waals surface area contributed by atoms with Gasteiger partial charge in [-0.05, 0) is 33.3 Å². The molecular weight excluding hydrogens is 436 g/mol. The van der Waals surface area contributed by atoms with Gasteiger partial charge in [0.05, 0.1) is 28.9 Å². The third-order valence-corrected chi connectivity index (χ3v) is 5.35. The van der Waals surface area contributed by atoms with Gasteiger partial charge in [0.1, 0.15) is 5.92 Å². The molecule has 0 radical (unpaired) electrons. The lowest BCUT2D eigenvalue weighted by Crippen LogP contribution is -2.38. The van der Waals surface area contributed by atoms with Crippen LogP contribution >= 0.6 is 11.8 Å². The van der Waals surface area contributed by atoms with Crippen LogP contribution in [0, 0.1) is 21.4 Å². The molecule has 2 atom stereocenters. The third-order valence-electron chi connectivity index (χ3n) is 4.62. The van der Waals surface area contributed by atoms with Crippen LogP contribution in [0.15, 0.2) is 40.5 Å². The number of carbonyl (C=O) groups excluding carboxylic acids is 2. The van der Waals surface area contributed by atoms with Crippen LogP contribution in [-0.4, -0.2) is 46.2 Å². The fourth-order valence-electron chi connectivity index (χ4n) is 3.44. The molecule has 3 N–H and O–H groups in total. The van der Waals surface area contributed by atoms with Crippen LogP contribution in [0.4, 0.5) is 5.69 Å². The Kier molecular flexibility index (Phi) is 8.53. The van der Waals surface area contributed by atoms with Crippen molar-refractivity contribution in [3.8, 4) is 0 Å². The topological polar surface area (TPSA) is 158 Å². The van der Waals surface area contributed by atoms with E-state index in [0.29, 0.717) is 17.0 Å². The molecule has 0 bridgehead atoms. The van der Waals surface area contributed by atoms with E-state index in [9.17, 15) is 19.7 Å². The van der Waals surface area contributed by atoms with Gasteiger partial charge in [-0.1, -0.05) is 23.9 Å².